The van der Waals surface area contributed by atoms with Gasteiger partial charge >= 0.3 is 5.76 Å². The highest BCUT2D eigenvalue weighted by molar-refractivity contribution is 7.20. The van der Waals surface area contributed by atoms with E-state index in [0.717, 1.165) is 22.9 Å². The zero-order chi connectivity index (χ0) is 16.7. The number of carbonyl (C=O) groups excluding carboxylic acids is 1. The third kappa shape index (κ3) is 2.73. The molecule has 3 heterocycles. The lowest BCUT2D eigenvalue weighted by molar-refractivity contribution is 0.0703. The summed E-state index contributed by atoms with van der Waals surface area (Å²) in [5.74, 6) is -0.727. The van der Waals surface area contributed by atoms with Gasteiger partial charge in [-0.05, 0) is 42.5 Å². The third-order valence-corrected chi connectivity index (χ3v) is 5.31. The standard InChI is InChI=1S/C16H14FN3O3S/c17-11-3-4-12-10(6-11)7-13(24-12)15(21)20-5-1-2-9(8-20)14-18-19-16(22)23-14/h3-4,6-7,9H,1-2,5,8H2,(H,19,22). The van der Waals surface area contributed by atoms with Crippen LogP contribution in [-0.4, -0.2) is 34.1 Å². The topological polar surface area (TPSA) is 79.2 Å². The van der Waals surface area contributed by atoms with Crippen molar-refractivity contribution < 1.29 is 13.6 Å². The van der Waals surface area contributed by atoms with Crippen LogP contribution in [0.3, 0.4) is 0 Å². The van der Waals surface area contributed by atoms with Crippen LogP contribution in [0, 0.1) is 5.82 Å². The molecule has 8 heteroatoms. The normalized spacial score (nSPS) is 18.2. The molecule has 2 aromatic heterocycles. The van der Waals surface area contributed by atoms with Gasteiger partial charge in [0.15, 0.2) is 0 Å². The number of fused-ring (bicyclic) bond motifs is 1. The number of aromatic nitrogens is 2. The second-order valence-corrected chi connectivity index (χ2v) is 6.92. The highest BCUT2D eigenvalue weighted by atomic mass is 32.1. The van der Waals surface area contributed by atoms with Gasteiger partial charge in [-0.2, -0.15) is 0 Å². The molecule has 1 amide bonds. The number of nitrogens with one attached hydrogen (secondary N) is 1. The van der Waals surface area contributed by atoms with E-state index in [4.69, 9.17) is 4.42 Å². The molecule has 1 aromatic carbocycles. The molecule has 1 unspecified atom stereocenters. The van der Waals surface area contributed by atoms with Crippen molar-refractivity contribution in [3.05, 3.63) is 51.4 Å². The number of amides is 1. The van der Waals surface area contributed by atoms with E-state index in [-0.39, 0.29) is 17.6 Å². The van der Waals surface area contributed by atoms with Crippen molar-refractivity contribution in [3.63, 3.8) is 0 Å². The van der Waals surface area contributed by atoms with Crippen LogP contribution in [0.4, 0.5) is 4.39 Å². The lowest BCUT2D eigenvalue weighted by Crippen LogP contribution is -2.38. The summed E-state index contributed by atoms with van der Waals surface area (Å²) >= 11 is 1.36. The zero-order valence-electron chi connectivity index (χ0n) is 12.6. The number of benzene rings is 1. The molecule has 6 nitrogen and oxygen atoms in total. The summed E-state index contributed by atoms with van der Waals surface area (Å²) in [5.41, 5.74) is 0. The number of hydrogen-bond donors (Lipinski definition) is 1. The second kappa shape index (κ2) is 5.86. The van der Waals surface area contributed by atoms with Crippen LogP contribution in [0.2, 0.25) is 0 Å². The van der Waals surface area contributed by atoms with Crippen LogP contribution in [0.25, 0.3) is 10.1 Å². The Labute approximate surface area is 139 Å². The minimum absolute atomic E-state index is 0.0841. The summed E-state index contributed by atoms with van der Waals surface area (Å²) < 4.78 is 19.2. The van der Waals surface area contributed by atoms with Gasteiger partial charge < -0.3 is 9.32 Å². The Morgan fingerprint density at radius 3 is 3.08 bits per heavy atom. The first kappa shape index (κ1) is 15.1. The smallest absolute Gasteiger partial charge is 0.392 e. The molecule has 0 bridgehead atoms. The molecule has 1 atom stereocenters. The number of piperidine rings is 1. The maximum atomic E-state index is 13.3. The predicted octanol–water partition coefficient (Wildman–Crippen LogP) is 2.74. The maximum Gasteiger partial charge on any atom is 0.434 e. The van der Waals surface area contributed by atoms with E-state index in [9.17, 15) is 14.0 Å². The summed E-state index contributed by atoms with van der Waals surface area (Å²) in [6.07, 6.45) is 1.63. The summed E-state index contributed by atoms with van der Waals surface area (Å²) in [5, 5.41) is 6.86. The van der Waals surface area contributed by atoms with Crippen molar-refractivity contribution in [2.45, 2.75) is 18.8 Å². The molecule has 0 radical (unpaired) electrons. The van der Waals surface area contributed by atoms with Crippen LogP contribution >= 0.6 is 11.3 Å². The van der Waals surface area contributed by atoms with E-state index >= 15 is 0 Å². The number of thiophene rings is 1. The monoisotopic (exact) mass is 347 g/mol. The van der Waals surface area contributed by atoms with Crippen molar-refractivity contribution in [2.75, 3.05) is 13.1 Å². The minimum atomic E-state index is -0.583. The van der Waals surface area contributed by atoms with Gasteiger partial charge in [-0.3, -0.25) is 4.79 Å². The average Bonchev–Trinajstić information content (AvgIpc) is 3.20. The van der Waals surface area contributed by atoms with Gasteiger partial charge in [0.2, 0.25) is 5.89 Å². The van der Waals surface area contributed by atoms with Gasteiger partial charge in [0.05, 0.1) is 10.8 Å². The summed E-state index contributed by atoms with van der Waals surface area (Å²) in [7, 11) is 0. The molecular formula is C16H14FN3O3S. The molecule has 1 N–H and O–H groups in total. The van der Waals surface area contributed by atoms with E-state index in [1.807, 2.05) is 0 Å². The maximum absolute atomic E-state index is 13.3. The van der Waals surface area contributed by atoms with E-state index in [1.54, 1.807) is 17.0 Å². The van der Waals surface area contributed by atoms with Gasteiger partial charge in [-0.1, -0.05) is 0 Å². The molecule has 3 aromatic rings. The predicted molar refractivity (Wildman–Crippen MR) is 86.8 cm³/mol. The Hall–Kier alpha value is -2.48. The van der Waals surface area contributed by atoms with Crippen molar-refractivity contribution in [1.29, 1.82) is 0 Å². The van der Waals surface area contributed by atoms with E-state index in [2.05, 4.69) is 10.2 Å². The number of halogens is 1. The molecular weight excluding hydrogens is 333 g/mol. The van der Waals surface area contributed by atoms with Gasteiger partial charge in [0, 0.05) is 17.8 Å². The molecule has 1 fully saturated rings. The largest absolute Gasteiger partial charge is 0.434 e. The molecule has 0 saturated carbocycles. The van der Waals surface area contributed by atoms with Crippen LogP contribution in [0.1, 0.15) is 34.3 Å². The summed E-state index contributed by atoms with van der Waals surface area (Å²) in [6, 6.07) is 6.23. The molecule has 0 spiro atoms. The van der Waals surface area contributed by atoms with E-state index in [1.165, 1.54) is 23.5 Å². The van der Waals surface area contributed by atoms with Crippen molar-refractivity contribution in [1.82, 2.24) is 15.1 Å². The van der Waals surface area contributed by atoms with Crippen LogP contribution in [0.15, 0.2) is 33.5 Å². The Morgan fingerprint density at radius 2 is 2.29 bits per heavy atom. The molecule has 24 heavy (non-hydrogen) atoms. The Morgan fingerprint density at radius 1 is 1.42 bits per heavy atom. The lowest BCUT2D eigenvalue weighted by Gasteiger charge is -2.30. The van der Waals surface area contributed by atoms with Gasteiger partial charge in [-0.15, -0.1) is 16.4 Å². The number of hydrogen-bond acceptors (Lipinski definition) is 5. The molecule has 4 rings (SSSR count). The zero-order valence-corrected chi connectivity index (χ0v) is 13.4. The fourth-order valence-electron chi connectivity index (χ4n) is 3.05. The Balaban J connectivity index is 1.57. The summed E-state index contributed by atoms with van der Waals surface area (Å²) in [4.78, 5) is 26.2. The van der Waals surface area contributed by atoms with Crippen LogP contribution < -0.4 is 5.76 Å². The fraction of sp³-hybridized carbons (Fsp3) is 0.312. The average molecular weight is 347 g/mol. The molecule has 1 saturated heterocycles. The fourth-order valence-corrected chi connectivity index (χ4v) is 4.07. The quantitative estimate of drug-likeness (QED) is 0.773. The third-order valence-electron chi connectivity index (χ3n) is 4.20. The lowest BCUT2D eigenvalue weighted by atomic mass is 9.98. The van der Waals surface area contributed by atoms with Crippen LogP contribution in [0.5, 0.6) is 0 Å². The first-order chi connectivity index (χ1) is 11.6. The summed E-state index contributed by atoms with van der Waals surface area (Å²) in [6.45, 7) is 1.10. The second-order valence-electron chi connectivity index (χ2n) is 5.83. The van der Waals surface area contributed by atoms with E-state index in [0.29, 0.717) is 23.9 Å². The molecule has 1 aliphatic heterocycles. The Bertz CT molecular complexity index is 961. The van der Waals surface area contributed by atoms with Crippen molar-refractivity contribution in [3.8, 4) is 0 Å². The number of nitrogens with zero attached hydrogens (tertiary/aromatic N) is 2. The molecule has 124 valence electrons. The number of likely N-dealkylation sites (tertiary alicyclic amines) is 1. The van der Waals surface area contributed by atoms with Gasteiger partial charge in [0.1, 0.15) is 5.82 Å². The minimum Gasteiger partial charge on any atom is -0.392 e. The molecule has 0 aliphatic carbocycles. The first-order valence-corrected chi connectivity index (χ1v) is 8.45. The Kier molecular flexibility index (Phi) is 3.68. The highest BCUT2D eigenvalue weighted by Gasteiger charge is 2.29. The first-order valence-electron chi connectivity index (χ1n) is 7.64. The molecule has 1 aliphatic rings. The van der Waals surface area contributed by atoms with Crippen LogP contribution in [-0.2, 0) is 0 Å². The van der Waals surface area contributed by atoms with E-state index < -0.39 is 5.76 Å². The van der Waals surface area contributed by atoms with Gasteiger partial charge in [0.25, 0.3) is 5.91 Å². The number of aromatic amines is 1. The SMILES string of the molecule is O=C(c1cc2cc(F)ccc2s1)N1CCCC(c2n[nH]c(=O)o2)C1. The highest BCUT2D eigenvalue weighted by Crippen LogP contribution is 2.30. The number of H-pyrrole nitrogens is 1. The number of rotatable bonds is 2. The van der Waals surface area contributed by atoms with Crippen molar-refractivity contribution in [2.24, 2.45) is 0 Å². The van der Waals surface area contributed by atoms with Crippen molar-refractivity contribution >= 4 is 27.3 Å². The van der Waals surface area contributed by atoms with Gasteiger partial charge in [-0.25, -0.2) is 14.3 Å². The number of carbonyl (C=O) groups is 1.